The first-order valence-corrected chi connectivity index (χ1v) is 7.05. The third-order valence-corrected chi connectivity index (χ3v) is 3.73. The van der Waals surface area contributed by atoms with Crippen LogP contribution in [0.4, 0.5) is 0 Å². The van der Waals surface area contributed by atoms with Crippen molar-refractivity contribution in [1.29, 1.82) is 0 Å². The van der Waals surface area contributed by atoms with Gasteiger partial charge in [-0.2, -0.15) is 0 Å². The van der Waals surface area contributed by atoms with Gasteiger partial charge in [-0.15, -0.1) is 0 Å². The van der Waals surface area contributed by atoms with Gasteiger partial charge in [0.1, 0.15) is 6.61 Å². The van der Waals surface area contributed by atoms with E-state index >= 15 is 0 Å². The summed E-state index contributed by atoms with van der Waals surface area (Å²) in [5.74, 6) is 0.109. The van der Waals surface area contributed by atoms with E-state index in [0.29, 0.717) is 18.7 Å². The van der Waals surface area contributed by atoms with Gasteiger partial charge in [0, 0.05) is 31.5 Å². The van der Waals surface area contributed by atoms with Gasteiger partial charge in [0.05, 0.1) is 25.0 Å². The van der Waals surface area contributed by atoms with Crippen LogP contribution in [0.1, 0.15) is 12.8 Å². The third-order valence-electron chi connectivity index (χ3n) is 3.73. The van der Waals surface area contributed by atoms with Crippen molar-refractivity contribution in [3.05, 3.63) is 18.6 Å². The van der Waals surface area contributed by atoms with E-state index in [-0.39, 0.29) is 25.7 Å². The van der Waals surface area contributed by atoms with Crippen LogP contribution in [-0.4, -0.2) is 65.2 Å². The zero-order valence-electron chi connectivity index (χ0n) is 12.4. The molecule has 0 bridgehead atoms. The Morgan fingerprint density at radius 3 is 2.73 bits per heavy atom. The maximum atomic E-state index is 11.6. The van der Waals surface area contributed by atoms with Crippen molar-refractivity contribution in [1.82, 2.24) is 15.3 Å². The molecule has 122 valence electrons. The van der Waals surface area contributed by atoms with Crippen LogP contribution in [0.5, 0.6) is 5.88 Å². The molecule has 0 saturated heterocycles. The number of carbonyl (C=O) groups is 1. The number of nitrogens with zero attached hydrogens (tertiary/aromatic N) is 2. The maximum absolute atomic E-state index is 11.6. The van der Waals surface area contributed by atoms with E-state index < -0.39 is 17.6 Å². The summed E-state index contributed by atoms with van der Waals surface area (Å²) >= 11 is 0. The van der Waals surface area contributed by atoms with Crippen molar-refractivity contribution in [3.8, 4) is 5.88 Å². The number of carbonyl (C=O) groups excluding carboxylic acids is 1. The molecule has 22 heavy (non-hydrogen) atoms. The fourth-order valence-corrected chi connectivity index (χ4v) is 2.61. The van der Waals surface area contributed by atoms with Crippen molar-refractivity contribution in [3.63, 3.8) is 0 Å². The van der Waals surface area contributed by atoms with Crippen LogP contribution in [0.2, 0.25) is 0 Å². The van der Waals surface area contributed by atoms with E-state index in [9.17, 15) is 15.0 Å². The lowest BCUT2D eigenvalue weighted by Crippen LogP contribution is -2.41. The van der Waals surface area contributed by atoms with Gasteiger partial charge in [0.25, 0.3) is 0 Å². The first kappa shape index (κ1) is 16.6. The van der Waals surface area contributed by atoms with Gasteiger partial charge in [-0.05, 0) is 12.8 Å². The van der Waals surface area contributed by atoms with Crippen molar-refractivity contribution in [2.45, 2.75) is 25.0 Å². The average molecular weight is 311 g/mol. The van der Waals surface area contributed by atoms with Crippen LogP contribution in [0.25, 0.3) is 0 Å². The second-order valence-electron chi connectivity index (χ2n) is 5.59. The molecule has 0 aliphatic heterocycles. The van der Waals surface area contributed by atoms with Gasteiger partial charge in [0.2, 0.25) is 11.8 Å². The number of nitrogens with one attached hydrogen (secondary N) is 1. The highest BCUT2D eigenvalue weighted by Gasteiger charge is 2.45. The zero-order valence-corrected chi connectivity index (χ0v) is 12.4. The number of ether oxygens (including phenoxy) is 2. The van der Waals surface area contributed by atoms with Crippen LogP contribution < -0.4 is 10.1 Å². The lowest BCUT2D eigenvalue weighted by Gasteiger charge is -2.28. The summed E-state index contributed by atoms with van der Waals surface area (Å²) in [6.07, 6.45) is 3.55. The topological polar surface area (TPSA) is 114 Å². The molecule has 8 nitrogen and oxygen atoms in total. The minimum atomic E-state index is -0.829. The van der Waals surface area contributed by atoms with E-state index in [4.69, 9.17) is 9.47 Å². The zero-order chi connectivity index (χ0) is 16.0. The second-order valence-corrected chi connectivity index (χ2v) is 5.59. The quantitative estimate of drug-likeness (QED) is 0.599. The van der Waals surface area contributed by atoms with Crippen LogP contribution in [0.15, 0.2) is 18.6 Å². The van der Waals surface area contributed by atoms with Gasteiger partial charge in [-0.3, -0.25) is 9.78 Å². The third kappa shape index (κ3) is 4.36. The monoisotopic (exact) mass is 311 g/mol. The number of aromatic nitrogens is 2. The van der Waals surface area contributed by atoms with Gasteiger partial charge in [0.15, 0.2) is 0 Å². The fourth-order valence-electron chi connectivity index (χ4n) is 2.61. The molecule has 1 aromatic rings. The summed E-state index contributed by atoms with van der Waals surface area (Å²) in [5.41, 5.74) is -0.556. The molecule has 0 aromatic carbocycles. The molecular weight excluding hydrogens is 290 g/mol. The predicted molar refractivity (Wildman–Crippen MR) is 76.1 cm³/mol. The predicted octanol–water partition coefficient (Wildman–Crippen LogP) is -0.880. The van der Waals surface area contributed by atoms with Gasteiger partial charge in [-0.1, -0.05) is 0 Å². The van der Waals surface area contributed by atoms with Crippen LogP contribution >= 0.6 is 0 Å². The Morgan fingerprint density at radius 2 is 2.14 bits per heavy atom. The number of hydrogen-bond acceptors (Lipinski definition) is 7. The Hall–Kier alpha value is -1.77. The van der Waals surface area contributed by atoms with E-state index in [2.05, 4.69) is 15.3 Å². The Bertz CT molecular complexity index is 475. The minimum absolute atomic E-state index is 0.0355. The first-order chi connectivity index (χ1) is 10.5. The molecule has 1 heterocycles. The molecule has 2 rings (SSSR count). The highest BCUT2D eigenvalue weighted by molar-refractivity contribution is 5.77. The molecule has 1 fully saturated rings. The molecule has 8 heteroatoms. The maximum Gasteiger partial charge on any atom is 0.246 e. The molecule has 0 radical (unpaired) electrons. The van der Waals surface area contributed by atoms with E-state index in [1.54, 1.807) is 0 Å². The van der Waals surface area contributed by atoms with Crippen molar-refractivity contribution in [2.24, 2.45) is 5.41 Å². The van der Waals surface area contributed by atoms with E-state index in [1.165, 1.54) is 25.7 Å². The molecule has 1 unspecified atom stereocenters. The summed E-state index contributed by atoms with van der Waals surface area (Å²) in [5, 5.41) is 22.4. The van der Waals surface area contributed by atoms with Crippen molar-refractivity contribution >= 4 is 5.91 Å². The molecule has 3 N–H and O–H groups in total. The number of aliphatic hydroxyl groups is 2. The van der Waals surface area contributed by atoms with Gasteiger partial charge in [-0.25, -0.2) is 4.98 Å². The Morgan fingerprint density at radius 1 is 1.41 bits per heavy atom. The lowest BCUT2D eigenvalue weighted by molar-refractivity contribution is -0.125. The van der Waals surface area contributed by atoms with Crippen molar-refractivity contribution in [2.75, 3.05) is 26.9 Å². The van der Waals surface area contributed by atoms with Crippen LogP contribution in [-0.2, 0) is 9.53 Å². The Labute approximate surface area is 128 Å². The number of amides is 1. The number of hydrogen-bond donors (Lipinski definition) is 3. The fraction of sp³-hybridized carbons (Fsp3) is 0.643. The van der Waals surface area contributed by atoms with Crippen LogP contribution in [0, 0.1) is 5.41 Å². The standard InChI is InChI=1S/C14H21N3O5/c1-21-7-12(20)17-8-14(4-10(18)11(19)5-14)9-22-13-6-15-2-3-16-13/h2-3,6,10-11,18-19H,4-5,7-9H2,1H3,(H,17,20)/t10-,11+,14?. The highest BCUT2D eigenvalue weighted by atomic mass is 16.5. The smallest absolute Gasteiger partial charge is 0.246 e. The molecule has 1 aliphatic carbocycles. The highest BCUT2D eigenvalue weighted by Crippen LogP contribution is 2.38. The number of aliphatic hydroxyl groups excluding tert-OH is 2. The molecule has 1 amide bonds. The minimum Gasteiger partial charge on any atom is -0.476 e. The first-order valence-electron chi connectivity index (χ1n) is 7.05. The normalized spacial score (nSPS) is 27.6. The summed E-state index contributed by atoms with van der Waals surface area (Å²) in [4.78, 5) is 19.5. The molecule has 1 aromatic heterocycles. The average Bonchev–Trinajstić information content (AvgIpc) is 2.80. The summed E-state index contributed by atoms with van der Waals surface area (Å²) in [6, 6.07) is 0. The van der Waals surface area contributed by atoms with Crippen molar-refractivity contribution < 1.29 is 24.5 Å². The SMILES string of the molecule is COCC(=O)NCC1(COc2cnccn2)C[C@@H](O)[C@@H](O)C1. The molecule has 1 saturated carbocycles. The molecular formula is C14H21N3O5. The van der Waals surface area contributed by atoms with E-state index in [1.807, 2.05) is 0 Å². The molecule has 0 spiro atoms. The summed E-state index contributed by atoms with van der Waals surface area (Å²) < 4.78 is 10.4. The Kier molecular flexibility index (Phi) is 5.64. The molecule has 3 atom stereocenters. The number of methoxy groups -OCH3 is 1. The van der Waals surface area contributed by atoms with Crippen LogP contribution in [0.3, 0.4) is 0 Å². The largest absolute Gasteiger partial charge is 0.476 e. The van der Waals surface area contributed by atoms with E-state index in [0.717, 1.165) is 0 Å². The summed E-state index contributed by atoms with van der Waals surface area (Å²) in [6.45, 7) is 0.461. The molecule has 1 aliphatic rings. The van der Waals surface area contributed by atoms with Gasteiger partial charge < -0.3 is 25.0 Å². The Balaban J connectivity index is 1.98. The second kappa shape index (κ2) is 7.48. The summed E-state index contributed by atoms with van der Waals surface area (Å²) in [7, 11) is 1.44. The van der Waals surface area contributed by atoms with Gasteiger partial charge >= 0.3 is 0 Å². The lowest BCUT2D eigenvalue weighted by atomic mass is 9.86. The number of rotatable bonds is 7.